The second-order valence-corrected chi connectivity index (χ2v) is 5.33. The third-order valence-corrected chi connectivity index (χ3v) is 2.96. The van der Waals surface area contributed by atoms with E-state index < -0.39 is 24.0 Å². The van der Waals surface area contributed by atoms with Gasteiger partial charge in [-0.05, 0) is 32.1 Å². The zero-order chi connectivity index (χ0) is 16.3. The largest absolute Gasteiger partial charge is 0.481 e. The zero-order valence-electron chi connectivity index (χ0n) is 12.5. The maximum Gasteiger partial charge on any atom is 0.308 e. The summed E-state index contributed by atoms with van der Waals surface area (Å²) in [6.45, 7) is 1.41. The molecular weight excluding hydrogens is 280 g/mol. The number of aliphatic carboxylic acids is 1. The molecule has 0 aromatic carbocycles. The predicted octanol–water partition coefficient (Wildman–Crippen LogP) is 1.14. The molecule has 1 atom stereocenters. The van der Waals surface area contributed by atoms with Crippen molar-refractivity contribution in [2.24, 2.45) is 0 Å². The van der Waals surface area contributed by atoms with Gasteiger partial charge in [0.05, 0.1) is 0 Å². The minimum Gasteiger partial charge on any atom is -0.481 e. The molecule has 21 heavy (non-hydrogen) atoms. The summed E-state index contributed by atoms with van der Waals surface area (Å²) < 4.78 is 4.94. The van der Waals surface area contributed by atoms with Crippen LogP contribution in [-0.2, 0) is 14.3 Å². The first-order chi connectivity index (χ1) is 9.73. The van der Waals surface area contributed by atoms with Crippen molar-refractivity contribution < 1.29 is 34.8 Å². The molecule has 0 heterocycles. The lowest BCUT2D eigenvalue weighted by molar-refractivity contribution is -0.204. The van der Waals surface area contributed by atoms with Gasteiger partial charge in [0.25, 0.3) is 0 Å². The molecule has 0 rings (SSSR count). The summed E-state index contributed by atoms with van der Waals surface area (Å²) in [7, 11) is 0. The predicted molar refractivity (Wildman–Crippen MR) is 74.1 cm³/mol. The molecule has 0 bridgehead atoms. The van der Waals surface area contributed by atoms with E-state index in [9.17, 15) is 14.7 Å². The third-order valence-electron chi connectivity index (χ3n) is 2.96. The molecular formula is C14H26O7. The van der Waals surface area contributed by atoms with E-state index >= 15 is 0 Å². The zero-order valence-corrected chi connectivity index (χ0v) is 12.5. The van der Waals surface area contributed by atoms with E-state index in [0.29, 0.717) is 32.1 Å². The number of carboxylic acids is 1. The van der Waals surface area contributed by atoms with Crippen LogP contribution in [-0.4, -0.2) is 44.4 Å². The molecule has 0 aromatic rings. The van der Waals surface area contributed by atoms with Gasteiger partial charge >= 0.3 is 11.9 Å². The van der Waals surface area contributed by atoms with Gasteiger partial charge in [-0.15, -0.1) is 0 Å². The number of ether oxygens (including phenoxy) is 1. The minimum absolute atomic E-state index is 0.0143. The van der Waals surface area contributed by atoms with E-state index in [4.69, 9.17) is 20.1 Å². The number of rotatable bonds is 12. The number of carboxylic acid groups (broad SMARTS) is 1. The highest BCUT2D eigenvalue weighted by molar-refractivity contribution is 5.70. The molecule has 0 aromatic heterocycles. The van der Waals surface area contributed by atoms with Crippen LogP contribution >= 0.6 is 0 Å². The fourth-order valence-electron chi connectivity index (χ4n) is 1.85. The second kappa shape index (κ2) is 10.5. The van der Waals surface area contributed by atoms with Crippen LogP contribution in [0.3, 0.4) is 0 Å². The maximum atomic E-state index is 11.5. The quantitative estimate of drug-likeness (QED) is 0.242. The number of carbonyl (C=O) groups is 2. The van der Waals surface area contributed by atoms with E-state index in [1.165, 1.54) is 6.92 Å². The molecule has 7 nitrogen and oxygen atoms in total. The SMILES string of the molecule is CC(O)(CCCCCC(O)O)OC(=O)CCCCC(=O)O. The van der Waals surface area contributed by atoms with Gasteiger partial charge in [0.15, 0.2) is 6.29 Å². The molecule has 0 saturated heterocycles. The lowest BCUT2D eigenvalue weighted by atomic mass is 10.1. The van der Waals surface area contributed by atoms with Crippen molar-refractivity contribution in [2.75, 3.05) is 0 Å². The molecule has 124 valence electrons. The highest BCUT2D eigenvalue weighted by Crippen LogP contribution is 2.18. The van der Waals surface area contributed by atoms with Gasteiger partial charge in [-0.1, -0.05) is 6.42 Å². The molecule has 0 aliphatic rings. The van der Waals surface area contributed by atoms with Gasteiger partial charge in [0.2, 0.25) is 5.79 Å². The Balaban J connectivity index is 3.73. The van der Waals surface area contributed by atoms with Crippen LogP contribution in [0, 0.1) is 0 Å². The Kier molecular flexibility index (Phi) is 9.94. The van der Waals surface area contributed by atoms with E-state index in [1.54, 1.807) is 0 Å². The molecule has 7 heteroatoms. The molecule has 0 spiro atoms. The van der Waals surface area contributed by atoms with Crippen molar-refractivity contribution in [2.45, 2.75) is 76.8 Å². The van der Waals surface area contributed by atoms with Crippen LogP contribution in [0.25, 0.3) is 0 Å². The fraction of sp³-hybridized carbons (Fsp3) is 0.857. The van der Waals surface area contributed by atoms with Crippen molar-refractivity contribution >= 4 is 11.9 Å². The lowest BCUT2D eigenvalue weighted by Crippen LogP contribution is -2.31. The van der Waals surface area contributed by atoms with Gasteiger partial charge in [0.1, 0.15) is 0 Å². The first-order valence-corrected chi connectivity index (χ1v) is 7.25. The molecule has 0 aliphatic carbocycles. The summed E-state index contributed by atoms with van der Waals surface area (Å²) >= 11 is 0. The third kappa shape index (κ3) is 13.6. The number of hydrogen-bond donors (Lipinski definition) is 4. The van der Waals surface area contributed by atoms with Crippen LogP contribution in [0.2, 0.25) is 0 Å². The first kappa shape index (κ1) is 19.8. The standard InChI is InChI=1S/C14H26O7/c1-14(20,10-6-2-3-7-11(15)16)21-13(19)9-5-4-8-12(17)18/h11,15-16,20H,2-10H2,1H3,(H,17,18). The second-order valence-electron chi connectivity index (χ2n) is 5.33. The number of hydrogen-bond acceptors (Lipinski definition) is 6. The summed E-state index contributed by atoms with van der Waals surface area (Å²) in [6.07, 6.45) is 2.08. The Hall–Kier alpha value is -1.18. The molecule has 0 radical (unpaired) electrons. The molecule has 4 N–H and O–H groups in total. The van der Waals surface area contributed by atoms with Gasteiger partial charge in [-0.25, -0.2) is 0 Å². The molecule has 1 unspecified atom stereocenters. The summed E-state index contributed by atoms with van der Waals surface area (Å²) in [4.78, 5) is 21.8. The summed E-state index contributed by atoms with van der Waals surface area (Å²) in [5.41, 5.74) is 0. The Morgan fingerprint density at radius 3 is 2.24 bits per heavy atom. The normalized spacial score (nSPS) is 14.0. The Bertz CT molecular complexity index is 312. The average molecular weight is 306 g/mol. The van der Waals surface area contributed by atoms with Crippen molar-refractivity contribution in [1.29, 1.82) is 0 Å². The lowest BCUT2D eigenvalue weighted by Gasteiger charge is -2.23. The maximum absolute atomic E-state index is 11.5. The Labute approximate surface area is 124 Å². The van der Waals surface area contributed by atoms with Crippen molar-refractivity contribution in [3.05, 3.63) is 0 Å². The van der Waals surface area contributed by atoms with E-state index in [0.717, 1.165) is 0 Å². The molecule has 0 fully saturated rings. The van der Waals surface area contributed by atoms with Crippen molar-refractivity contribution in [3.8, 4) is 0 Å². The van der Waals surface area contributed by atoms with E-state index in [1.807, 2.05) is 0 Å². The van der Waals surface area contributed by atoms with E-state index in [2.05, 4.69) is 0 Å². The van der Waals surface area contributed by atoms with Crippen LogP contribution in [0.4, 0.5) is 0 Å². The molecule has 0 amide bonds. The van der Waals surface area contributed by atoms with Crippen LogP contribution < -0.4 is 0 Å². The average Bonchev–Trinajstić information content (AvgIpc) is 2.33. The number of unbranched alkanes of at least 4 members (excludes halogenated alkanes) is 3. The summed E-state index contributed by atoms with van der Waals surface area (Å²) in [5.74, 6) is -2.98. The number of aliphatic hydroxyl groups excluding tert-OH is 1. The van der Waals surface area contributed by atoms with Gasteiger partial charge in [-0.2, -0.15) is 0 Å². The smallest absolute Gasteiger partial charge is 0.308 e. The van der Waals surface area contributed by atoms with Crippen LogP contribution in [0.5, 0.6) is 0 Å². The van der Waals surface area contributed by atoms with Crippen molar-refractivity contribution in [3.63, 3.8) is 0 Å². The van der Waals surface area contributed by atoms with Gasteiger partial charge < -0.3 is 25.2 Å². The van der Waals surface area contributed by atoms with Gasteiger partial charge in [-0.3, -0.25) is 9.59 Å². The van der Waals surface area contributed by atoms with Crippen LogP contribution in [0.15, 0.2) is 0 Å². The Morgan fingerprint density at radius 2 is 1.67 bits per heavy atom. The van der Waals surface area contributed by atoms with E-state index in [-0.39, 0.29) is 25.7 Å². The monoisotopic (exact) mass is 306 g/mol. The minimum atomic E-state index is -1.54. The highest BCUT2D eigenvalue weighted by Gasteiger charge is 2.24. The van der Waals surface area contributed by atoms with Crippen molar-refractivity contribution in [1.82, 2.24) is 0 Å². The summed E-state index contributed by atoms with van der Waals surface area (Å²) in [5, 5.41) is 35.7. The Morgan fingerprint density at radius 1 is 1.05 bits per heavy atom. The van der Waals surface area contributed by atoms with Crippen LogP contribution in [0.1, 0.15) is 64.7 Å². The fourth-order valence-corrected chi connectivity index (χ4v) is 1.85. The molecule has 0 aliphatic heterocycles. The highest BCUT2D eigenvalue weighted by atomic mass is 16.7. The first-order valence-electron chi connectivity index (χ1n) is 7.25. The number of esters is 1. The van der Waals surface area contributed by atoms with Gasteiger partial charge in [0, 0.05) is 26.2 Å². The number of aliphatic hydroxyl groups is 3. The topological polar surface area (TPSA) is 124 Å². The number of carbonyl (C=O) groups excluding carboxylic acids is 1. The molecule has 0 saturated carbocycles. The summed E-state index contributed by atoms with van der Waals surface area (Å²) in [6, 6.07) is 0.